The minimum absolute atomic E-state index is 0.137. The summed E-state index contributed by atoms with van der Waals surface area (Å²) >= 11 is 1.18. The van der Waals surface area contributed by atoms with E-state index in [9.17, 15) is 4.79 Å². The average molecular weight is 183 g/mol. The van der Waals surface area contributed by atoms with E-state index < -0.39 is 6.04 Å². The first-order valence-electron chi connectivity index (χ1n) is 3.18. The summed E-state index contributed by atoms with van der Waals surface area (Å²) in [4.78, 5) is 15.0. The van der Waals surface area contributed by atoms with Crippen LogP contribution >= 0.6 is 11.5 Å². The van der Waals surface area contributed by atoms with Crippen molar-refractivity contribution in [3.63, 3.8) is 0 Å². The van der Waals surface area contributed by atoms with Crippen LogP contribution in [0.5, 0.6) is 0 Å². The van der Waals surface area contributed by atoms with Crippen molar-refractivity contribution in [2.24, 2.45) is 10.7 Å². The Hall–Kier alpha value is -1.50. The van der Waals surface area contributed by atoms with Crippen LogP contribution in [-0.2, 0) is 4.79 Å². The number of hydrogen-bond donors (Lipinski definition) is 2. The molecule has 1 aliphatic heterocycles. The summed E-state index contributed by atoms with van der Waals surface area (Å²) in [6.45, 7) is 0. The molecule has 2 rings (SSSR count). The third-order valence-electron chi connectivity index (χ3n) is 1.42. The van der Waals surface area contributed by atoms with Gasteiger partial charge in [-0.3, -0.25) is 10.1 Å². The molecular weight excluding hydrogens is 178 g/mol. The number of aliphatic imine (C=N–C) groups is 1. The van der Waals surface area contributed by atoms with Gasteiger partial charge in [-0.05, 0) is 11.5 Å². The molecule has 0 saturated heterocycles. The van der Waals surface area contributed by atoms with Gasteiger partial charge in [-0.25, -0.2) is 4.99 Å². The standard InChI is InChI=1S/C5H5N5OS/c6-5-7-3(4(11)8-5)2-1-12-10-9-2/h1,3H,(H3,6,7,8,11). The number of aromatic nitrogens is 2. The fourth-order valence-corrected chi connectivity index (χ4v) is 1.39. The molecule has 0 saturated carbocycles. The zero-order valence-corrected chi connectivity index (χ0v) is 6.71. The van der Waals surface area contributed by atoms with E-state index in [0.717, 1.165) is 0 Å². The number of guanidine groups is 1. The van der Waals surface area contributed by atoms with Gasteiger partial charge in [0.05, 0.1) is 0 Å². The zero-order chi connectivity index (χ0) is 8.55. The molecule has 1 amide bonds. The highest BCUT2D eigenvalue weighted by atomic mass is 32.1. The maximum atomic E-state index is 11.1. The van der Waals surface area contributed by atoms with Gasteiger partial charge in [-0.1, -0.05) is 4.49 Å². The Morgan fingerprint density at radius 1 is 1.67 bits per heavy atom. The molecule has 0 spiro atoms. The molecular formula is C5H5N5OS. The van der Waals surface area contributed by atoms with E-state index in [4.69, 9.17) is 5.73 Å². The number of nitrogens with two attached hydrogens (primary N) is 1. The fraction of sp³-hybridized carbons (Fsp3) is 0.200. The van der Waals surface area contributed by atoms with Crippen LogP contribution in [0.4, 0.5) is 0 Å². The number of carbonyl (C=O) groups excluding carboxylic acids is 1. The number of nitrogens with zero attached hydrogens (tertiary/aromatic N) is 3. The van der Waals surface area contributed by atoms with Gasteiger partial charge in [0.1, 0.15) is 5.69 Å². The lowest BCUT2D eigenvalue weighted by Gasteiger charge is -1.96. The Kier molecular flexibility index (Phi) is 1.51. The van der Waals surface area contributed by atoms with Crippen LogP contribution in [0.2, 0.25) is 0 Å². The lowest BCUT2D eigenvalue weighted by molar-refractivity contribution is -0.120. The van der Waals surface area contributed by atoms with Crippen molar-refractivity contribution in [3.8, 4) is 0 Å². The number of nitrogens with one attached hydrogen (secondary N) is 1. The molecule has 3 N–H and O–H groups in total. The van der Waals surface area contributed by atoms with Gasteiger partial charge < -0.3 is 5.73 Å². The van der Waals surface area contributed by atoms with E-state index in [0.29, 0.717) is 5.69 Å². The predicted molar refractivity (Wildman–Crippen MR) is 42.4 cm³/mol. The van der Waals surface area contributed by atoms with Crippen LogP contribution < -0.4 is 11.1 Å². The van der Waals surface area contributed by atoms with Gasteiger partial charge in [0, 0.05) is 5.38 Å². The molecule has 6 nitrogen and oxygen atoms in total. The van der Waals surface area contributed by atoms with Crippen LogP contribution in [0.1, 0.15) is 11.7 Å². The highest BCUT2D eigenvalue weighted by Crippen LogP contribution is 2.18. The molecule has 0 aromatic carbocycles. The van der Waals surface area contributed by atoms with E-state index in [2.05, 4.69) is 19.9 Å². The van der Waals surface area contributed by atoms with Crippen molar-refractivity contribution in [2.45, 2.75) is 6.04 Å². The lowest BCUT2D eigenvalue weighted by atomic mass is 10.2. The maximum absolute atomic E-state index is 11.1. The first-order valence-corrected chi connectivity index (χ1v) is 4.02. The Bertz CT molecular complexity index is 332. The Balaban J connectivity index is 2.31. The number of rotatable bonds is 1. The van der Waals surface area contributed by atoms with E-state index in [1.807, 2.05) is 0 Å². The molecule has 7 heteroatoms. The third-order valence-corrected chi connectivity index (χ3v) is 1.95. The normalized spacial score (nSPS) is 22.2. The molecule has 12 heavy (non-hydrogen) atoms. The van der Waals surface area contributed by atoms with E-state index in [1.165, 1.54) is 11.5 Å². The monoisotopic (exact) mass is 183 g/mol. The average Bonchev–Trinajstić information content (AvgIpc) is 2.58. The smallest absolute Gasteiger partial charge is 0.257 e. The SMILES string of the molecule is NC1=NC(c2csnn2)C(=O)N1. The largest absolute Gasteiger partial charge is 0.370 e. The maximum Gasteiger partial charge on any atom is 0.257 e. The molecule has 62 valence electrons. The van der Waals surface area contributed by atoms with Crippen LogP contribution in [0, 0.1) is 0 Å². The third kappa shape index (κ3) is 1.03. The molecule has 0 bridgehead atoms. The van der Waals surface area contributed by atoms with E-state index in [-0.39, 0.29) is 11.9 Å². The van der Waals surface area contributed by atoms with E-state index in [1.54, 1.807) is 5.38 Å². The number of carbonyl (C=O) groups is 1. The molecule has 0 aliphatic carbocycles. The summed E-state index contributed by atoms with van der Waals surface area (Å²) in [6, 6.07) is -0.608. The Morgan fingerprint density at radius 2 is 2.50 bits per heavy atom. The first-order chi connectivity index (χ1) is 5.77. The molecule has 1 aromatic heterocycles. The minimum Gasteiger partial charge on any atom is -0.370 e. The second kappa shape index (κ2) is 2.52. The van der Waals surface area contributed by atoms with Gasteiger partial charge in [-0.2, -0.15) is 0 Å². The van der Waals surface area contributed by atoms with Gasteiger partial charge in [0.25, 0.3) is 5.91 Å². The first kappa shape index (κ1) is 7.17. The van der Waals surface area contributed by atoms with Gasteiger partial charge >= 0.3 is 0 Å². The summed E-state index contributed by atoms with van der Waals surface area (Å²) in [5, 5.41) is 7.78. The highest BCUT2D eigenvalue weighted by molar-refractivity contribution is 7.03. The van der Waals surface area contributed by atoms with Crippen molar-refractivity contribution in [2.75, 3.05) is 0 Å². The quantitative estimate of drug-likeness (QED) is 0.585. The minimum atomic E-state index is -0.608. The van der Waals surface area contributed by atoms with Crippen LogP contribution in [-0.4, -0.2) is 21.5 Å². The summed E-state index contributed by atoms with van der Waals surface area (Å²) < 4.78 is 3.63. The highest BCUT2D eigenvalue weighted by Gasteiger charge is 2.28. The molecule has 1 atom stereocenters. The van der Waals surface area contributed by atoms with Crippen LogP contribution in [0.25, 0.3) is 0 Å². The fourth-order valence-electron chi connectivity index (χ4n) is 0.916. The Labute approximate surface area is 71.7 Å². The molecule has 2 heterocycles. The van der Waals surface area contributed by atoms with Crippen molar-refractivity contribution < 1.29 is 4.79 Å². The summed E-state index contributed by atoms with van der Waals surface area (Å²) in [6.07, 6.45) is 0. The molecule has 1 aromatic rings. The number of amides is 1. The zero-order valence-electron chi connectivity index (χ0n) is 5.89. The van der Waals surface area contributed by atoms with Crippen LogP contribution in [0.15, 0.2) is 10.4 Å². The molecule has 0 radical (unpaired) electrons. The van der Waals surface area contributed by atoms with Gasteiger partial charge in [-0.15, -0.1) is 5.10 Å². The van der Waals surface area contributed by atoms with Gasteiger partial charge in [0.2, 0.25) is 0 Å². The van der Waals surface area contributed by atoms with Crippen molar-refractivity contribution in [1.29, 1.82) is 0 Å². The lowest BCUT2D eigenvalue weighted by Crippen LogP contribution is -2.31. The summed E-state index contributed by atoms with van der Waals surface area (Å²) in [7, 11) is 0. The number of hydrogen-bond acceptors (Lipinski definition) is 6. The molecule has 1 aliphatic rings. The van der Waals surface area contributed by atoms with Crippen molar-refractivity contribution in [1.82, 2.24) is 14.9 Å². The second-order valence-corrected chi connectivity index (χ2v) is 2.85. The van der Waals surface area contributed by atoms with Crippen LogP contribution in [0.3, 0.4) is 0 Å². The second-order valence-electron chi connectivity index (χ2n) is 2.24. The van der Waals surface area contributed by atoms with Gasteiger partial charge in [0.15, 0.2) is 12.0 Å². The van der Waals surface area contributed by atoms with E-state index >= 15 is 0 Å². The summed E-state index contributed by atoms with van der Waals surface area (Å²) in [5.41, 5.74) is 5.83. The summed E-state index contributed by atoms with van der Waals surface area (Å²) in [5.74, 6) is -0.113. The topological polar surface area (TPSA) is 93.3 Å². The van der Waals surface area contributed by atoms with Crippen molar-refractivity contribution >= 4 is 23.4 Å². The molecule has 0 fully saturated rings. The predicted octanol–water partition coefficient (Wildman–Crippen LogP) is -0.976. The molecule has 1 unspecified atom stereocenters. The van der Waals surface area contributed by atoms with Crippen molar-refractivity contribution in [3.05, 3.63) is 11.1 Å². The Morgan fingerprint density at radius 3 is 3.00 bits per heavy atom.